The molecule has 0 aliphatic rings. The van der Waals surface area contributed by atoms with E-state index in [4.69, 9.17) is 4.74 Å². The number of ether oxygens (including phenoxy) is 1. The van der Waals surface area contributed by atoms with Gasteiger partial charge in [-0.05, 0) is 24.1 Å². The fourth-order valence-electron chi connectivity index (χ4n) is 1.56. The number of aryl methyl sites for hydroxylation is 1. The van der Waals surface area contributed by atoms with Gasteiger partial charge < -0.3 is 10.1 Å². The van der Waals surface area contributed by atoms with E-state index in [0.717, 1.165) is 11.6 Å². The van der Waals surface area contributed by atoms with Crippen LogP contribution in [0.2, 0.25) is 0 Å². The molecule has 0 radical (unpaired) electrons. The number of hydrogen-bond donors (Lipinski definition) is 1. The van der Waals surface area contributed by atoms with Gasteiger partial charge in [0.2, 0.25) is 0 Å². The van der Waals surface area contributed by atoms with Crippen LogP contribution in [0.5, 0.6) is 0 Å². The quantitative estimate of drug-likeness (QED) is 0.808. The fourth-order valence-corrected chi connectivity index (χ4v) is 1.56. The van der Waals surface area contributed by atoms with Crippen LogP contribution in [-0.2, 0) is 17.5 Å². The molecule has 0 fully saturated rings. The number of halogens is 3. The summed E-state index contributed by atoms with van der Waals surface area (Å²) in [6.07, 6.45) is -4.27. The average Bonchev–Trinajstić information content (AvgIpc) is 2.23. The summed E-state index contributed by atoms with van der Waals surface area (Å²) in [6.45, 7) is 3.28. The van der Waals surface area contributed by atoms with Crippen LogP contribution in [0, 0.1) is 6.92 Å². The molecule has 0 atom stereocenters. The zero-order valence-corrected chi connectivity index (χ0v) is 9.90. The Morgan fingerprint density at radius 1 is 1.29 bits per heavy atom. The standard InChI is InChI=1S/C12H16F3NO/c1-9-7-10(8-16-5-6-17-2)3-4-11(9)12(13,14)15/h3-4,7,16H,5-6,8H2,1-2H3. The summed E-state index contributed by atoms with van der Waals surface area (Å²) in [7, 11) is 1.60. The van der Waals surface area contributed by atoms with Crippen LogP contribution in [0.1, 0.15) is 16.7 Å². The molecule has 1 aromatic carbocycles. The Hall–Kier alpha value is -1.07. The highest BCUT2D eigenvalue weighted by atomic mass is 19.4. The number of nitrogens with one attached hydrogen (secondary N) is 1. The van der Waals surface area contributed by atoms with Gasteiger partial charge in [-0.2, -0.15) is 13.2 Å². The SMILES string of the molecule is COCCNCc1ccc(C(F)(F)F)c(C)c1. The van der Waals surface area contributed by atoms with Gasteiger partial charge in [0.05, 0.1) is 12.2 Å². The lowest BCUT2D eigenvalue weighted by Gasteiger charge is -2.12. The van der Waals surface area contributed by atoms with Crippen molar-refractivity contribution in [2.75, 3.05) is 20.3 Å². The molecule has 5 heteroatoms. The zero-order chi connectivity index (χ0) is 12.9. The highest BCUT2D eigenvalue weighted by Crippen LogP contribution is 2.31. The molecule has 0 bridgehead atoms. The normalized spacial score (nSPS) is 11.8. The second kappa shape index (κ2) is 6.02. The van der Waals surface area contributed by atoms with Gasteiger partial charge in [0, 0.05) is 20.2 Å². The number of hydrogen-bond acceptors (Lipinski definition) is 2. The molecule has 2 nitrogen and oxygen atoms in total. The van der Waals surface area contributed by atoms with Gasteiger partial charge in [0.25, 0.3) is 0 Å². The third-order valence-corrected chi connectivity index (χ3v) is 2.41. The minimum atomic E-state index is -4.27. The lowest BCUT2D eigenvalue weighted by molar-refractivity contribution is -0.138. The van der Waals surface area contributed by atoms with Crippen molar-refractivity contribution in [2.24, 2.45) is 0 Å². The van der Waals surface area contributed by atoms with E-state index in [9.17, 15) is 13.2 Å². The van der Waals surface area contributed by atoms with Crippen LogP contribution in [0.4, 0.5) is 13.2 Å². The van der Waals surface area contributed by atoms with Crippen LogP contribution in [0.15, 0.2) is 18.2 Å². The first kappa shape index (κ1) is 14.0. The topological polar surface area (TPSA) is 21.3 Å². The van der Waals surface area contributed by atoms with Crippen molar-refractivity contribution in [1.29, 1.82) is 0 Å². The van der Waals surface area contributed by atoms with Crippen molar-refractivity contribution < 1.29 is 17.9 Å². The Labute approximate surface area is 98.8 Å². The average molecular weight is 247 g/mol. The monoisotopic (exact) mass is 247 g/mol. The zero-order valence-electron chi connectivity index (χ0n) is 9.90. The Kier molecular flexibility index (Phi) is 4.96. The maximum absolute atomic E-state index is 12.5. The summed E-state index contributed by atoms with van der Waals surface area (Å²) in [5, 5.41) is 3.08. The largest absolute Gasteiger partial charge is 0.416 e. The highest BCUT2D eigenvalue weighted by molar-refractivity contribution is 5.32. The molecular formula is C12H16F3NO. The number of alkyl halides is 3. The van der Waals surface area contributed by atoms with Gasteiger partial charge in [-0.25, -0.2) is 0 Å². The molecule has 0 aromatic heterocycles. The predicted molar refractivity (Wildman–Crippen MR) is 59.8 cm³/mol. The maximum atomic E-state index is 12.5. The number of rotatable bonds is 5. The molecular weight excluding hydrogens is 231 g/mol. The third-order valence-electron chi connectivity index (χ3n) is 2.41. The summed E-state index contributed by atoms with van der Waals surface area (Å²) >= 11 is 0. The second-order valence-electron chi connectivity index (χ2n) is 3.82. The molecule has 96 valence electrons. The Morgan fingerprint density at radius 3 is 2.53 bits per heavy atom. The van der Waals surface area contributed by atoms with Crippen molar-refractivity contribution in [3.05, 3.63) is 34.9 Å². The van der Waals surface area contributed by atoms with Crippen molar-refractivity contribution in [1.82, 2.24) is 5.32 Å². The lowest BCUT2D eigenvalue weighted by atomic mass is 10.0. The lowest BCUT2D eigenvalue weighted by Crippen LogP contribution is -2.18. The predicted octanol–water partition coefficient (Wildman–Crippen LogP) is 2.75. The van der Waals surface area contributed by atoms with Gasteiger partial charge in [-0.15, -0.1) is 0 Å². The van der Waals surface area contributed by atoms with Crippen LogP contribution in [0.3, 0.4) is 0 Å². The summed E-state index contributed by atoms with van der Waals surface area (Å²) in [6, 6.07) is 4.18. The van der Waals surface area contributed by atoms with E-state index in [1.54, 1.807) is 13.2 Å². The third kappa shape index (κ3) is 4.36. The molecule has 17 heavy (non-hydrogen) atoms. The molecule has 0 saturated carbocycles. The van der Waals surface area contributed by atoms with E-state index < -0.39 is 11.7 Å². The smallest absolute Gasteiger partial charge is 0.383 e. The first-order valence-corrected chi connectivity index (χ1v) is 5.31. The number of benzene rings is 1. The minimum absolute atomic E-state index is 0.253. The van der Waals surface area contributed by atoms with Crippen molar-refractivity contribution in [3.8, 4) is 0 Å². The van der Waals surface area contributed by atoms with Crippen molar-refractivity contribution >= 4 is 0 Å². The Morgan fingerprint density at radius 2 is 2.00 bits per heavy atom. The minimum Gasteiger partial charge on any atom is -0.383 e. The molecule has 1 aromatic rings. The highest BCUT2D eigenvalue weighted by Gasteiger charge is 2.31. The Balaban J connectivity index is 2.63. The second-order valence-corrected chi connectivity index (χ2v) is 3.82. The van der Waals surface area contributed by atoms with Gasteiger partial charge in [-0.3, -0.25) is 0 Å². The van der Waals surface area contributed by atoms with E-state index in [0.29, 0.717) is 19.7 Å². The van der Waals surface area contributed by atoms with E-state index in [-0.39, 0.29) is 5.56 Å². The molecule has 1 rings (SSSR count). The van der Waals surface area contributed by atoms with Crippen LogP contribution >= 0.6 is 0 Å². The van der Waals surface area contributed by atoms with Crippen LogP contribution in [-0.4, -0.2) is 20.3 Å². The van der Waals surface area contributed by atoms with Gasteiger partial charge >= 0.3 is 6.18 Å². The summed E-state index contributed by atoms with van der Waals surface area (Å²) in [4.78, 5) is 0. The molecule has 1 N–H and O–H groups in total. The molecule has 0 aliphatic carbocycles. The van der Waals surface area contributed by atoms with Gasteiger partial charge in [0.1, 0.15) is 0 Å². The van der Waals surface area contributed by atoms with E-state index in [1.165, 1.54) is 13.0 Å². The van der Waals surface area contributed by atoms with Gasteiger partial charge in [0.15, 0.2) is 0 Å². The van der Waals surface area contributed by atoms with E-state index in [2.05, 4.69) is 5.32 Å². The van der Waals surface area contributed by atoms with Gasteiger partial charge in [-0.1, -0.05) is 12.1 Å². The summed E-state index contributed by atoms with van der Waals surface area (Å²) in [5.41, 5.74) is 0.522. The molecule has 0 saturated heterocycles. The Bertz CT molecular complexity index is 363. The molecule has 0 aliphatic heterocycles. The van der Waals surface area contributed by atoms with Crippen LogP contribution < -0.4 is 5.32 Å². The van der Waals surface area contributed by atoms with Crippen molar-refractivity contribution in [2.45, 2.75) is 19.6 Å². The fraction of sp³-hybridized carbons (Fsp3) is 0.500. The molecule has 0 amide bonds. The number of methoxy groups -OCH3 is 1. The van der Waals surface area contributed by atoms with Crippen molar-refractivity contribution in [3.63, 3.8) is 0 Å². The van der Waals surface area contributed by atoms with E-state index >= 15 is 0 Å². The first-order chi connectivity index (χ1) is 7.95. The molecule has 0 heterocycles. The maximum Gasteiger partial charge on any atom is 0.416 e. The van der Waals surface area contributed by atoms with E-state index in [1.807, 2.05) is 0 Å². The summed E-state index contributed by atoms with van der Waals surface area (Å²) < 4.78 is 42.4. The van der Waals surface area contributed by atoms with Crippen LogP contribution in [0.25, 0.3) is 0 Å². The first-order valence-electron chi connectivity index (χ1n) is 5.31. The molecule has 0 spiro atoms. The molecule has 0 unspecified atom stereocenters. The summed E-state index contributed by atoms with van der Waals surface area (Å²) in [5.74, 6) is 0.